The molecule has 0 spiro atoms. The molecule has 3 rings (SSSR count). The summed E-state index contributed by atoms with van der Waals surface area (Å²) in [5, 5.41) is 10.8. The lowest BCUT2D eigenvalue weighted by molar-refractivity contribution is 0.102. The smallest absolute Gasteiger partial charge is 0.291 e. The highest BCUT2D eigenvalue weighted by Gasteiger charge is 2.21. The van der Waals surface area contributed by atoms with Crippen molar-refractivity contribution < 1.29 is 13.2 Å². The highest BCUT2D eigenvalue weighted by atomic mass is 35.5. The molecule has 1 aromatic heterocycles. The van der Waals surface area contributed by atoms with E-state index in [0.717, 1.165) is 0 Å². The van der Waals surface area contributed by atoms with Crippen LogP contribution in [-0.4, -0.2) is 24.5 Å². The molecule has 0 radical (unpaired) electrons. The van der Waals surface area contributed by atoms with Crippen molar-refractivity contribution in [3.63, 3.8) is 0 Å². The second kappa shape index (κ2) is 7.99. The van der Waals surface area contributed by atoms with Crippen molar-refractivity contribution in [2.24, 2.45) is 0 Å². The average Bonchev–Trinajstić information content (AvgIpc) is 3.08. The van der Waals surface area contributed by atoms with Gasteiger partial charge in [0.05, 0.1) is 15.7 Å². The number of sulfonamides is 1. The second-order valence-corrected chi connectivity index (χ2v) is 9.15. The van der Waals surface area contributed by atoms with E-state index in [4.69, 9.17) is 34.8 Å². The third-order valence-corrected chi connectivity index (χ3v) is 6.71. The number of carbonyl (C=O) groups is 1. The van der Waals surface area contributed by atoms with E-state index in [9.17, 15) is 13.2 Å². The van der Waals surface area contributed by atoms with Gasteiger partial charge in [0.25, 0.3) is 20.3 Å². The molecule has 0 atom stereocenters. The highest BCUT2D eigenvalue weighted by molar-refractivity contribution is 7.94. The molecule has 7 nitrogen and oxygen atoms in total. The van der Waals surface area contributed by atoms with Crippen LogP contribution in [0.1, 0.15) is 10.4 Å². The monoisotopic (exact) mass is 462 g/mol. The van der Waals surface area contributed by atoms with E-state index in [0.29, 0.717) is 26.9 Å². The summed E-state index contributed by atoms with van der Waals surface area (Å²) in [6.45, 7) is 0. The van der Waals surface area contributed by atoms with E-state index in [1.54, 1.807) is 12.1 Å². The number of carbonyl (C=O) groups excluding carboxylic acids is 1. The molecule has 0 aliphatic carbocycles. The standard InChI is InChI=1S/C15H9Cl3N4O3S2/c16-9-3-1-8(2-4-9)13(23)19-14-20-21-15(26-14)27(24,25)22-10-5-6-11(17)12(18)7-10/h1-7,22H,(H,19,20,23). The van der Waals surface area contributed by atoms with Gasteiger partial charge in [0.1, 0.15) is 0 Å². The predicted octanol–water partition coefficient (Wildman–Crippen LogP) is 4.55. The van der Waals surface area contributed by atoms with Crippen LogP contribution >= 0.6 is 46.1 Å². The Balaban J connectivity index is 1.74. The van der Waals surface area contributed by atoms with Crippen LogP contribution < -0.4 is 10.0 Å². The first-order valence-corrected chi connectivity index (χ1v) is 10.6. The molecule has 12 heteroatoms. The van der Waals surface area contributed by atoms with Gasteiger partial charge in [-0.3, -0.25) is 14.8 Å². The van der Waals surface area contributed by atoms with E-state index in [-0.39, 0.29) is 20.2 Å². The van der Waals surface area contributed by atoms with Gasteiger partial charge in [0.2, 0.25) is 5.13 Å². The van der Waals surface area contributed by atoms with Crippen LogP contribution in [0, 0.1) is 0 Å². The number of rotatable bonds is 5. The van der Waals surface area contributed by atoms with Gasteiger partial charge in [0.15, 0.2) is 0 Å². The molecular weight excluding hydrogens is 455 g/mol. The molecular formula is C15H9Cl3N4O3S2. The Morgan fingerprint density at radius 2 is 1.67 bits per heavy atom. The Labute approximate surface area is 173 Å². The van der Waals surface area contributed by atoms with Crippen LogP contribution in [0.4, 0.5) is 10.8 Å². The minimum atomic E-state index is -4.00. The molecule has 0 aliphatic rings. The van der Waals surface area contributed by atoms with E-state index in [1.165, 1.54) is 30.3 Å². The SMILES string of the molecule is O=C(Nc1nnc(S(=O)(=O)Nc2ccc(Cl)c(Cl)c2)s1)c1ccc(Cl)cc1. The lowest BCUT2D eigenvalue weighted by Gasteiger charge is -2.06. The molecule has 3 aromatic rings. The summed E-state index contributed by atoms with van der Waals surface area (Å²) < 4.78 is 26.8. The van der Waals surface area contributed by atoms with Crippen LogP contribution in [0.15, 0.2) is 46.8 Å². The molecule has 0 aliphatic heterocycles. The average molecular weight is 464 g/mol. The number of nitrogens with one attached hydrogen (secondary N) is 2. The number of hydrogen-bond acceptors (Lipinski definition) is 6. The van der Waals surface area contributed by atoms with E-state index in [1.807, 2.05) is 0 Å². The van der Waals surface area contributed by atoms with Crippen molar-refractivity contribution in [2.75, 3.05) is 10.0 Å². The van der Waals surface area contributed by atoms with Crippen molar-refractivity contribution in [3.8, 4) is 0 Å². The third-order valence-electron chi connectivity index (χ3n) is 3.14. The first kappa shape index (κ1) is 19.8. The maximum absolute atomic E-state index is 12.4. The second-order valence-electron chi connectivity index (χ2n) is 5.07. The van der Waals surface area contributed by atoms with Crippen molar-refractivity contribution in [1.82, 2.24) is 10.2 Å². The maximum atomic E-state index is 12.4. The molecule has 1 amide bonds. The lowest BCUT2D eigenvalue weighted by atomic mass is 10.2. The fraction of sp³-hybridized carbons (Fsp3) is 0. The first-order chi connectivity index (χ1) is 12.7. The topological polar surface area (TPSA) is 101 Å². The highest BCUT2D eigenvalue weighted by Crippen LogP contribution is 2.28. The fourth-order valence-electron chi connectivity index (χ4n) is 1.90. The summed E-state index contributed by atoms with van der Waals surface area (Å²) in [5.41, 5.74) is 0.555. The van der Waals surface area contributed by atoms with E-state index < -0.39 is 15.9 Å². The molecule has 0 saturated heterocycles. The number of hydrogen-bond donors (Lipinski definition) is 2. The zero-order chi connectivity index (χ0) is 19.6. The third kappa shape index (κ3) is 4.88. The van der Waals surface area contributed by atoms with Gasteiger partial charge in [0, 0.05) is 10.6 Å². The number of amides is 1. The molecule has 0 unspecified atom stereocenters. The van der Waals surface area contributed by atoms with Crippen molar-refractivity contribution in [2.45, 2.75) is 4.34 Å². The van der Waals surface area contributed by atoms with E-state index in [2.05, 4.69) is 20.2 Å². The van der Waals surface area contributed by atoms with Gasteiger partial charge in [-0.05, 0) is 42.5 Å². The first-order valence-electron chi connectivity index (χ1n) is 7.13. The Morgan fingerprint density at radius 1 is 0.963 bits per heavy atom. The van der Waals surface area contributed by atoms with Gasteiger partial charge in [-0.25, -0.2) is 0 Å². The molecule has 27 heavy (non-hydrogen) atoms. The Kier molecular flexibility index (Phi) is 5.87. The van der Waals surface area contributed by atoms with Crippen molar-refractivity contribution >= 4 is 72.9 Å². The van der Waals surface area contributed by atoms with Gasteiger partial charge >= 0.3 is 0 Å². The number of nitrogens with zero attached hydrogens (tertiary/aromatic N) is 2. The van der Waals surface area contributed by atoms with Crippen LogP contribution in [0.5, 0.6) is 0 Å². The Hall–Kier alpha value is -1.91. The van der Waals surface area contributed by atoms with Crippen LogP contribution in [-0.2, 0) is 10.0 Å². The fourth-order valence-corrected chi connectivity index (χ4v) is 4.27. The minimum Gasteiger partial charge on any atom is -0.296 e. The van der Waals surface area contributed by atoms with Crippen molar-refractivity contribution in [1.29, 1.82) is 0 Å². The number of anilines is 2. The van der Waals surface area contributed by atoms with Gasteiger partial charge < -0.3 is 0 Å². The predicted molar refractivity (Wildman–Crippen MR) is 107 cm³/mol. The van der Waals surface area contributed by atoms with E-state index >= 15 is 0 Å². The maximum Gasteiger partial charge on any atom is 0.291 e. The lowest BCUT2D eigenvalue weighted by Crippen LogP contribution is -2.12. The summed E-state index contributed by atoms with van der Waals surface area (Å²) in [6.07, 6.45) is 0. The molecule has 140 valence electrons. The summed E-state index contributed by atoms with van der Waals surface area (Å²) in [5.74, 6) is -0.468. The van der Waals surface area contributed by atoms with Crippen LogP contribution in [0.3, 0.4) is 0 Å². The van der Waals surface area contributed by atoms with Gasteiger partial charge in [-0.1, -0.05) is 46.1 Å². The summed E-state index contributed by atoms with van der Waals surface area (Å²) in [6, 6.07) is 10.5. The summed E-state index contributed by atoms with van der Waals surface area (Å²) >= 11 is 18.1. The molecule has 0 saturated carbocycles. The number of aromatic nitrogens is 2. The largest absolute Gasteiger partial charge is 0.296 e. The molecule has 2 aromatic carbocycles. The molecule has 2 N–H and O–H groups in total. The zero-order valence-electron chi connectivity index (χ0n) is 13.1. The molecule has 0 bridgehead atoms. The number of halogens is 3. The normalized spacial score (nSPS) is 11.2. The van der Waals surface area contributed by atoms with Gasteiger partial charge in [-0.15, -0.1) is 10.2 Å². The van der Waals surface area contributed by atoms with Crippen LogP contribution in [0.2, 0.25) is 15.1 Å². The summed E-state index contributed by atoms with van der Waals surface area (Å²) in [4.78, 5) is 12.1. The quantitative estimate of drug-likeness (QED) is 0.541. The Bertz CT molecular complexity index is 1100. The Morgan fingerprint density at radius 3 is 2.33 bits per heavy atom. The minimum absolute atomic E-state index is 0.0319. The molecule has 1 heterocycles. The van der Waals surface area contributed by atoms with Crippen molar-refractivity contribution in [3.05, 3.63) is 63.1 Å². The molecule has 0 fully saturated rings. The summed E-state index contributed by atoms with van der Waals surface area (Å²) in [7, 11) is -4.00. The van der Waals surface area contributed by atoms with Gasteiger partial charge in [-0.2, -0.15) is 8.42 Å². The van der Waals surface area contributed by atoms with Crippen LogP contribution in [0.25, 0.3) is 0 Å². The number of benzene rings is 2. The zero-order valence-corrected chi connectivity index (χ0v) is 17.0.